The Morgan fingerprint density at radius 1 is 1.73 bits per heavy atom. The van der Waals surface area contributed by atoms with Gasteiger partial charge in [-0.2, -0.15) is 0 Å². The number of carboxylic acid groups (broad SMARTS) is 1. The third-order valence-corrected chi connectivity index (χ3v) is 1.76. The Bertz CT molecular complexity index is 398. The lowest BCUT2D eigenvalue weighted by Gasteiger charge is -2.12. The summed E-state index contributed by atoms with van der Waals surface area (Å²) < 4.78 is 0. The first-order chi connectivity index (χ1) is 7.19. The number of aromatic nitrogens is 1. The molecular formula is C10H10N2O3. The molecule has 1 unspecified atom stereocenters. The summed E-state index contributed by atoms with van der Waals surface area (Å²) in [5.74, 6) is 1.21. The van der Waals surface area contributed by atoms with E-state index in [1.54, 1.807) is 0 Å². The fraction of sp³-hybridized carbons (Fsp3) is 0.200. The molecule has 0 saturated carbocycles. The number of hydrogen-bond acceptors (Lipinski definition) is 4. The number of terminal acetylenes is 1. The average molecular weight is 206 g/mol. The predicted molar refractivity (Wildman–Crippen MR) is 54.5 cm³/mol. The Balaban J connectivity index is 2.94. The molecule has 1 aromatic rings. The first kappa shape index (κ1) is 11.0. The van der Waals surface area contributed by atoms with E-state index in [0.717, 1.165) is 0 Å². The van der Waals surface area contributed by atoms with Gasteiger partial charge in [-0.15, -0.1) is 6.42 Å². The van der Waals surface area contributed by atoms with Crippen LogP contribution in [0.25, 0.3) is 0 Å². The highest BCUT2D eigenvalue weighted by atomic mass is 16.4. The molecule has 15 heavy (non-hydrogen) atoms. The summed E-state index contributed by atoms with van der Waals surface area (Å²) in [6.07, 6.45) is 7.84. The zero-order valence-electron chi connectivity index (χ0n) is 7.84. The van der Waals surface area contributed by atoms with Gasteiger partial charge in [0.1, 0.15) is 6.04 Å². The highest BCUT2D eigenvalue weighted by Crippen LogP contribution is 2.13. The Hall–Kier alpha value is -2.06. The number of pyridine rings is 1. The summed E-state index contributed by atoms with van der Waals surface area (Å²) >= 11 is 0. The molecule has 0 aliphatic heterocycles. The van der Waals surface area contributed by atoms with Crippen LogP contribution in [0.1, 0.15) is 10.4 Å². The van der Waals surface area contributed by atoms with E-state index in [-0.39, 0.29) is 12.2 Å². The maximum Gasteiger partial charge on any atom is 0.337 e. The highest BCUT2D eigenvalue weighted by Gasteiger charge is 2.11. The van der Waals surface area contributed by atoms with Crippen LogP contribution in [0.3, 0.4) is 0 Å². The van der Waals surface area contributed by atoms with Gasteiger partial charge in [-0.25, -0.2) is 4.79 Å². The molecule has 0 aliphatic carbocycles. The second-order valence-electron chi connectivity index (χ2n) is 2.77. The van der Waals surface area contributed by atoms with Gasteiger partial charge in [0.15, 0.2) is 0 Å². The molecule has 0 amide bonds. The van der Waals surface area contributed by atoms with E-state index in [1.165, 1.54) is 18.5 Å². The number of carbonyl (C=O) groups is 1. The molecule has 1 heterocycles. The highest BCUT2D eigenvalue weighted by molar-refractivity contribution is 5.93. The van der Waals surface area contributed by atoms with E-state index in [0.29, 0.717) is 5.69 Å². The van der Waals surface area contributed by atoms with Gasteiger partial charge in [-0.1, -0.05) is 5.92 Å². The van der Waals surface area contributed by atoms with Crippen LogP contribution in [0, 0.1) is 12.3 Å². The van der Waals surface area contributed by atoms with Crippen LogP contribution in [0.5, 0.6) is 0 Å². The number of aliphatic hydroxyl groups excluding tert-OH is 1. The standard InChI is InChI=1S/C10H10N2O3/c1-2-7(6-13)12-9-5-11-4-3-8(9)10(14)15/h1,3-5,7,12-13H,6H2,(H,14,15). The zero-order chi connectivity index (χ0) is 11.3. The second kappa shape index (κ2) is 4.98. The van der Waals surface area contributed by atoms with E-state index in [1.807, 2.05) is 0 Å². The molecule has 0 radical (unpaired) electrons. The summed E-state index contributed by atoms with van der Waals surface area (Å²) in [5.41, 5.74) is 0.362. The van der Waals surface area contributed by atoms with Crippen molar-refractivity contribution in [2.75, 3.05) is 11.9 Å². The van der Waals surface area contributed by atoms with Crippen molar-refractivity contribution in [3.8, 4) is 12.3 Å². The first-order valence-electron chi connectivity index (χ1n) is 4.20. The van der Waals surface area contributed by atoms with Crippen molar-refractivity contribution < 1.29 is 15.0 Å². The lowest BCUT2D eigenvalue weighted by Crippen LogP contribution is -2.22. The third kappa shape index (κ3) is 2.69. The number of aromatic carboxylic acids is 1. The van der Waals surface area contributed by atoms with Gasteiger partial charge < -0.3 is 15.5 Å². The van der Waals surface area contributed by atoms with Gasteiger partial charge in [0, 0.05) is 6.20 Å². The summed E-state index contributed by atoms with van der Waals surface area (Å²) in [4.78, 5) is 14.6. The zero-order valence-corrected chi connectivity index (χ0v) is 7.84. The van der Waals surface area contributed by atoms with Gasteiger partial charge in [0.05, 0.1) is 24.1 Å². The van der Waals surface area contributed by atoms with Crippen LogP contribution < -0.4 is 5.32 Å². The minimum atomic E-state index is -1.08. The van der Waals surface area contributed by atoms with Gasteiger partial charge in [0.2, 0.25) is 0 Å². The maximum atomic E-state index is 10.8. The quantitative estimate of drug-likeness (QED) is 0.612. The molecule has 1 aromatic heterocycles. The third-order valence-electron chi connectivity index (χ3n) is 1.76. The minimum Gasteiger partial charge on any atom is -0.478 e. The fourth-order valence-corrected chi connectivity index (χ4v) is 1.02. The molecule has 0 aliphatic rings. The van der Waals surface area contributed by atoms with Crippen molar-refractivity contribution >= 4 is 11.7 Å². The van der Waals surface area contributed by atoms with Crippen molar-refractivity contribution in [3.05, 3.63) is 24.0 Å². The van der Waals surface area contributed by atoms with Crippen molar-refractivity contribution in [2.45, 2.75) is 6.04 Å². The molecule has 0 spiro atoms. The molecule has 0 aromatic carbocycles. The van der Waals surface area contributed by atoms with Crippen molar-refractivity contribution in [3.63, 3.8) is 0 Å². The Kier molecular flexibility index (Phi) is 3.66. The molecule has 0 fully saturated rings. The number of nitrogens with zero attached hydrogens (tertiary/aromatic N) is 1. The molecule has 5 heteroatoms. The van der Waals surface area contributed by atoms with E-state index in [2.05, 4.69) is 16.2 Å². The maximum absolute atomic E-state index is 10.8. The predicted octanol–water partition coefficient (Wildman–Crippen LogP) is 0.186. The van der Waals surface area contributed by atoms with E-state index >= 15 is 0 Å². The van der Waals surface area contributed by atoms with Crippen molar-refractivity contribution in [1.29, 1.82) is 0 Å². The first-order valence-corrected chi connectivity index (χ1v) is 4.20. The molecular weight excluding hydrogens is 196 g/mol. The summed E-state index contributed by atoms with van der Waals surface area (Å²) in [6, 6.07) is 0.739. The SMILES string of the molecule is C#CC(CO)Nc1cnccc1C(=O)O. The lowest BCUT2D eigenvalue weighted by atomic mass is 10.2. The minimum absolute atomic E-state index is 0.0682. The van der Waals surface area contributed by atoms with Crippen molar-refractivity contribution in [2.24, 2.45) is 0 Å². The second-order valence-corrected chi connectivity index (χ2v) is 2.77. The molecule has 0 bridgehead atoms. The fourth-order valence-electron chi connectivity index (χ4n) is 1.02. The number of anilines is 1. The summed E-state index contributed by atoms with van der Waals surface area (Å²) in [6.45, 7) is -0.273. The van der Waals surface area contributed by atoms with Crippen LogP contribution >= 0.6 is 0 Å². The Morgan fingerprint density at radius 2 is 2.47 bits per heavy atom. The Labute approximate surface area is 86.8 Å². The molecule has 1 rings (SSSR count). The molecule has 0 saturated heterocycles. The van der Waals surface area contributed by atoms with Crippen molar-refractivity contribution in [1.82, 2.24) is 4.98 Å². The molecule has 78 valence electrons. The number of nitrogens with one attached hydrogen (secondary N) is 1. The van der Waals surface area contributed by atoms with Crippen LogP contribution in [-0.4, -0.2) is 33.8 Å². The molecule has 1 atom stereocenters. The number of rotatable bonds is 4. The van der Waals surface area contributed by atoms with Gasteiger partial charge in [-0.05, 0) is 6.07 Å². The van der Waals surface area contributed by atoms with Crippen LogP contribution in [0.4, 0.5) is 5.69 Å². The number of aliphatic hydroxyl groups is 1. The van der Waals surface area contributed by atoms with Gasteiger partial charge in [-0.3, -0.25) is 4.98 Å². The Morgan fingerprint density at radius 3 is 3.00 bits per heavy atom. The van der Waals surface area contributed by atoms with E-state index < -0.39 is 12.0 Å². The topological polar surface area (TPSA) is 82.5 Å². The van der Waals surface area contributed by atoms with Crippen LogP contribution in [-0.2, 0) is 0 Å². The number of carboxylic acids is 1. The monoisotopic (exact) mass is 206 g/mol. The normalized spacial score (nSPS) is 11.5. The van der Waals surface area contributed by atoms with Gasteiger partial charge >= 0.3 is 5.97 Å². The smallest absolute Gasteiger partial charge is 0.337 e. The van der Waals surface area contributed by atoms with E-state index in [9.17, 15) is 4.79 Å². The van der Waals surface area contributed by atoms with Crippen LogP contribution in [0.15, 0.2) is 18.5 Å². The summed E-state index contributed by atoms with van der Waals surface area (Å²) in [7, 11) is 0. The average Bonchev–Trinajstić information content (AvgIpc) is 2.26. The number of hydrogen-bond donors (Lipinski definition) is 3. The molecule has 5 nitrogen and oxygen atoms in total. The van der Waals surface area contributed by atoms with Crippen LogP contribution in [0.2, 0.25) is 0 Å². The lowest BCUT2D eigenvalue weighted by molar-refractivity contribution is 0.0697. The molecule has 3 N–H and O–H groups in total. The summed E-state index contributed by atoms with van der Waals surface area (Å²) in [5, 5.41) is 20.4. The largest absolute Gasteiger partial charge is 0.478 e. The van der Waals surface area contributed by atoms with Gasteiger partial charge in [0.25, 0.3) is 0 Å². The van der Waals surface area contributed by atoms with E-state index in [4.69, 9.17) is 16.6 Å².